The molecule has 9 heteroatoms. The molecular formula is C31H27ClN2O5S. The first-order chi connectivity index (χ1) is 19.4. The highest BCUT2D eigenvalue weighted by molar-refractivity contribution is 7.07. The molecule has 1 aliphatic heterocycles. The van der Waals surface area contributed by atoms with Crippen LogP contribution in [0.5, 0.6) is 11.5 Å². The highest BCUT2D eigenvalue weighted by Crippen LogP contribution is 2.31. The number of fused-ring (bicyclic) bond motifs is 1. The van der Waals surface area contributed by atoms with Crippen LogP contribution in [-0.2, 0) is 16.1 Å². The van der Waals surface area contributed by atoms with Crippen molar-refractivity contribution in [3.8, 4) is 11.5 Å². The third-order valence-electron chi connectivity index (χ3n) is 6.43. The quantitative estimate of drug-likeness (QED) is 0.276. The third-order valence-corrected chi connectivity index (χ3v) is 7.66. The van der Waals surface area contributed by atoms with Gasteiger partial charge in [0.2, 0.25) is 0 Å². The fourth-order valence-electron chi connectivity index (χ4n) is 4.53. The summed E-state index contributed by atoms with van der Waals surface area (Å²) in [5.74, 6) is 0.638. The molecule has 5 rings (SSSR count). The molecule has 2 heterocycles. The largest absolute Gasteiger partial charge is 0.493 e. The number of nitrogens with zero attached hydrogens (tertiary/aromatic N) is 2. The molecule has 4 aromatic rings. The molecule has 0 bridgehead atoms. The Bertz CT molecular complexity index is 1760. The molecule has 1 unspecified atom stereocenters. The van der Waals surface area contributed by atoms with Crippen molar-refractivity contribution in [3.05, 3.63) is 125 Å². The van der Waals surface area contributed by atoms with Gasteiger partial charge in [-0.1, -0.05) is 71.5 Å². The van der Waals surface area contributed by atoms with Gasteiger partial charge in [0, 0.05) is 5.02 Å². The first-order valence-corrected chi connectivity index (χ1v) is 13.9. The van der Waals surface area contributed by atoms with Crippen LogP contribution in [0.25, 0.3) is 6.08 Å². The Morgan fingerprint density at radius 2 is 1.82 bits per heavy atom. The number of methoxy groups -OCH3 is 1. The Kier molecular flexibility index (Phi) is 8.19. The minimum atomic E-state index is -0.642. The molecule has 1 aliphatic rings. The molecule has 3 aromatic carbocycles. The van der Waals surface area contributed by atoms with Crippen molar-refractivity contribution in [2.24, 2.45) is 4.99 Å². The van der Waals surface area contributed by atoms with Crippen molar-refractivity contribution in [3.63, 3.8) is 0 Å². The van der Waals surface area contributed by atoms with E-state index in [0.717, 1.165) is 16.7 Å². The number of carbonyl (C=O) groups is 1. The van der Waals surface area contributed by atoms with Crippen LogP contribution >= 0.6 is 22.9 Å². The van der Waals surface area contributed by atoms with Gasteiger partial charge in [-0.25, -0.2) is 9.79 Å². The monoisotopic (exact) mass is 574 g/mol. The number of esters is 1. The summed E-state index contributed by atoms with van der Waals surface area (Å²) in [5.41, 5.74) is 3.19. The van der Waals surface area contributed by atoms with Crippen LogP contribution in [-0.4, -0.2) is 24.3 Å². The van der Waals surface area contributed by atoms with E-state index in [0.29, 0.717) is 43.7 Å². The Morgan fingerprint density at radius 3 is 2.52 bits per heavy atom. The van der Waals surface area contributed by atoms with Crippen molar-refractivity contribution < 1.29 is 19.0 Å². The average molecular weight is 575 g/mol. The average Bonchev–Trinajstić information content (AvgIpc) is 3.26. The van der Waals surface area contributed by atoms with E-state index in [1.165, 1.54) is 11.3 Å². The Balaban J connectivity index is 1.52. The molecular weight excluding hydrogens is 548 g/mol. The third kappa shape index (κ3) is 5.59. The van der Waals surface area contributed by atoms with E-state index < -0.39 is 12.0 Å². The smallest absolute Gasteiger partial charge is 0.338 e. The number of rotatable bonds is 8. The van der Waals surface area contributed by atoms with Crippen LogP contribution in [0.1, 0.15) is 36.6 Å². The van der Waals surface area contributed by atoms with E-state index >= 15 is 0 Å². The fourth-order valence-corrected chi connectivity index (χ4v) is 5.70. The summed E-state index contributed by atoms with van der Waals surface area (Å²) in [7, 11) is 1.57. The van der Waals surface area contributed by atoms with Crippen LogP contribution in [0.4, 0.5) is 0 Å². The van der Waals surface area contributed by atoms with Gasteiger partial charge in [0.1, 0.15) is 6.61 Å². The SMILES string of the molecule is CCOC(=O)C1=C(C)N=c2s/c(=C/c3ccc(OCc4ccc(Cl)cc4)c(OC)c3)c(=O)n2C1c1ccccc1. The molecule has 0 amide bonds. The molecule has 0 fully saturated rings. The molecule has 204 valence electrons. The zero-order valence-electron chi connectivity index (χ0n) is 22.2. The summed E-state index contributed by atoms with van der Waals surface area (Å²) in [6.07, 6.45) is 1.79. The van der Waals surface area contributed by atoms with Gasteiger partial charge in [0.15, 0.2) is 16.3 Å². The number of allylic oxidation sites excluding steroid dienone is 1. The summed E-state index contributed by atoms with van der Waals surface area (Å²) in [5, 5.41) is 0.665. The predicted octanol–water partition coefficient (Wildman–Crippen LogP) is 5.04. The first-order valence-electron chi connectivity index (χ1n) is 12.7. The molecule has 0 N–H and O–H groups in total. The highest BCUT2D eigenvalue weighted by atomic mass is 35.5. The van der Waals surface area contributed by atoms with Gasteiger partial charge < -0.3 is 14.2 Å². The molecule has 0 saturated carbocycles. The second kappa shape index (κ2) is 11.9. The van der Waals surface area contributed by atoms with E-state index in [-0.39, 0.29) is 12.2 Å². The number of halogens is 1. The van der Waals surface area contributed by atoms with E-state index in [1.54, 1.807) is 31.6 Å². The van der Waals surface area contributed by atoms with E-state index in [9.17, 15) is 9.59 Å². The zero-order chi connectivity index (χ0) is 28.2. The van der Waals surface area contributed by atoms with Gasteiger partial charge in [0.05, 0.1) is 35.6 Å². The second-order valence-corrected chi connectivity index (χ2v) is 10.5. The lowest BCUT2D eigenvalue weighted by molar-refractivity contribution is -0.139. The standard InChI is InChI=1S/C31H27ClN2O5S/c1-4-38-30(36)27-19(2)33-31-34(28(27)22-8-6-5-7-9-22)29(35)26(40-31)17-21-12-15-24(25(16-21)37-3)39-18-20-10-13-23(32)14-11-20/h5-17,28H,4,18H2,1-3H3/b26-17+. The summed E-state index contributed by atoms with van der Waals surface area (Å²) in [4.78, 5) is 31.9. The predicted molar refractivity (Wildman–Crippen MR) is 156 cm³/mol. The summed E-state index contributed by atoms with van der Waals surface area (Å²) in [6.45, 7) is 4.10. The molecule has 0 spiro atoms. The molecule has 0 aliphatic carbocycles. The maximum Gasteiger partial charge on any atom is 0.338 e. The lowest BCUT2D eigenvalue weighted by Crippen LogP contribution is -2.39. The fraction of sp³-hybridized carbons (Fsp3) is 0.194. The van der Waals surface area contributed by atoms with E-state index in [4.69, 9.17) is 25.8 Å². The molecule has 0 saturated heterocycles. The van der Waals surface area contributed by atoms with Gasteiger partial charge in [-0.15, -0.1) is 0 Å². The molecule has 1 atom stereocenters. The lowest BCUT2D eigenvalue weighted by Gasteiger charge is -2.24. The van der Waals surface area contributed by atoms with Crippen LogP contribution in [0.15, 0.2) is 93.9 Å². The number of aromatic nitrogens is 1. The number of carbonyl (C=O) groups excluding carboxylic acids is 1. The van der Waals surface area contributed by atoms with Crippen LogP contribution in [0.3, 0.4) is 0 Å². The minimum Gasteiger partial charge on any atom is -0.493 e. The van der Waals surface area contributed by atoms with Crippen molar-refractivity contribution >= 4 is 35.0 Å². The second-order valence-electron chi connectivity index (χ2n) is 9.04. The molecule has 40 heavy (non-hydrogen) atoms. The van der Waals surface area contributed by atoms with Crippen molar-refractivity contribution in [1.82, 2.24) is 4.57 Å². The minimum absolute atomic E-state index is 0.225. The zero-order valence-corrected chi connectivity index (χ0v) is 23.8. The molecule has 0 radical (unpaired) electrons. The van der Waals surface area contributed by atoms with Crippen molar-refractivity contribution in [2.45, 2.75) is 26.5 Å². The highest BCUT2D eigenvalue weighted by Gasteiger charge is 2.33. The van der Waals surface area contributed by atoms with Crippen LogP contribution < -0.4 is 24.4 Å². The lowest BCUT2D eigenvalue weighted by atomic mass is 9.96. The van der Waals surface area contributed by atoms with Crippen molar-refractivity contribution in [2.75, 3.05) is 13.7 Å². The normalized spacial score (nSPS) is 14.9. The maximum absolute atomic E-state index is 13.8. The first kappa shape index (κ1) is 27.4. The molecule has 1 aromatic heterocycles. The summed E-state index contributed by atoms with van der Waals surface area (Å²) < 4.78 is 18.9. The van der Waals surface area contributed by atoms with Crippen LogP contribution in [0.2, 0.25) is 5.02 Å². The summed E-state index contributed by atoms with van der Waals surface area (Å²) >= 11 is 7.24. The topological polar surface area (TPSA) is 79.1 Å². The molecule has 7 nitrogen and oxygen atoms in total. The van der Waals surface area contributed by atoms with Gasteiger partial charge in [0.25, 0.3) is 5.56 Å². The number of hydrogen-bond acceptors (Lipinski definition) is 7. The van der Waals surface area contributed by atoms with E-state index in [1.807, 2.05) is 72.8 Å². The number of benzene rings is 3. The van der Waals surface area contributed by atoms with Gasteiger partial charge in [-0.3, -0.25) is 9.36 Å². The van der Waals surface area contributed by atoms with Gasteiger partial charge in [-0.2, -0.15) is 0 Å². The number of hydrogen-bond donors (Lipinski definition) is 0. The van der Waals surface area contributed by atoms with Gasteiger partial charge in [-0.05, 0) is 60.9 Å². The summed E-state index contributed by atoms with van der Waals surface area (Å²) in [6, 6.07) is 21.7. The number of ether oxygens (including phenoxy) is 3. The Hall–Kier alpha value is -4.14. The maximum atomic E-state index is 13.8. The number of thiazole rings is 1. The van der Waals surface area contributed by atoms with Crippen molar-refractivity contribution in [1.29, 1.82) is 0 Å². The van der Waals surface area contributed by atoms with E-state index in [2.05, 4.69) is 4.99 Å². The Morgan fingerprint density at radius 1 is 1.07 bits per heavy atom. The van der Waals surface area contributed by atoms with Crippen LogP contribution in [0, 0.1) is 0 Å². The Labute approximate surface area is 240 Å². The van der Waals surface area contributed by atoms with Gasteiger partial charge >= 0.3 is 5.97 Å².